The first-order valence-corrected chi connectivity index (χ1v) is 7.87. The highest BCUT2D eigenvalue weighted by molar-refractivity contribution is 7.92. The van der Waals surface area contributed by atoms with Crippen LogP contribution in [0.3, 0.4) is 0 Å². The number of carbonyl (C=O) groups excluding carboxylic acids is 1. The number of hydrogen-bond donors (Lipinski definition) is 2. The first-order valence-electron chi connectivity index (χ1n) is 6.39. The molecule has 1 amide bonds. The number of anilines is 1. The number of nitrogens with zero attached hydrogens (tertiary/aromatic N) is 1. The van der Waals surface area contributed by atoms with E-state index in [-0.39, 0.29) is 21.8 Å². The predicted molar refractivity (Wildman–Crippen MR) is 83.6 cm³/mol. The van der Waals surface area contributed by atoms with Crippen molar-refractivity contribution in [3.63, 3.8) is 0 Å². The van der Waals surface area contributed by atoms with Crippen LogP contribution in [0.2, 0.25) is 0 Å². The van der Waals surface area contributed by atoms with E-state index in [1.807, 2.05) is 0 Å². The third kappa shape index (κ3) is 3.46. The molecule has 0 aromatic heterocycles. The zero-order valence-electron chi connectivity index (χ0n) is 12.0. The van der Waals surface area contributed by atoms with Crippen LogP contribution in [0.25, 0.3) is 0 Å². The first kappa shape index (κ1) is 16.4. The van der Waals surface area contributed by atoms with Gasteiger partial charge in [0.15, 0.2) is 0 Å². The van der Waals surface area contributed by atoms with E-state index in [1.165, 1.54) is 43.3 Å². The molecule has 0 saturated heterocycles. The van der Waals surface area contributed by atoms with Gasteiger partial charge in [-0.1, -0.05) is 18.2 Å². The van der Waals surface area contributed by atoms with E-state index in [0.717, 1.165) is 6.07 Å². The summed E-state index contributed by atoms with van der Waals surface area (Å²) in [4.78, 5) is 21.2. The molecule has 2 rings (SSSR count). The largest absolute Gasteiger partial charge is 0.366 e. The van der Waals surface area contributed by atoms with Gasteiger partial charge < -0.3 is 5.73 Å². The minimum Gasteiger partial charge on any atom is -0.366 e. The van der Waals surface area contributed by atoms with Crippen molar-refractivity contribution in [3.8, 4) is 0 Å². The van der Waals surface area contributed by atoms with E-state index in [1.54, 1.807) is 0 Å². The maximum atomic E-state index is 12.5. The van der Waals surface area contributed by atoms with Crippen LogP contribution in [0.15, 0.2) is 47.4 Å². The van der Waals surface area contributed by atoms with Gasteiger partial charge >= 0.3 is 0 Å². The summed E-state index contributed by atoms with van der Waals surface area (Å²) in [5, 5.41) is 10.8. The van der Waals surface area contributed by atoms with Gasteiger partial charge in [0.1, 0.15) is 0 Å². The maximum absolute atomic E-state index is 12.5. The number of nitro groups is 1. The second-order valence-corrected chi connectivity index (χ2v) is 6.37. The van der Waals surface area contributed by atoms with Gasteiger partial charge in [0, 0.05) is 12.1 Å². The van der Waals surface area contributed by atoms with Crippen LogP contribution >= 0.6 is 0 Å². The summed E-state index contributed by atoms with van der Waals surface area (Å²) in [6.45, 7) is 1.51. The van der Waals surface area contributed by atoms with Crippen LogP contribution in [0, 0.1) is 17.0 Å². The fraction of sp³-hybridized carbons (Fsp3) is 0.0714. The third-order valence-electron chi connectivity index (χ3n) is 3.11. The van der Waals surface area contributed by atoms with Crippen molar-refractivity contribution in [2.24, 2.45) is 5.73 Å². The lowest BCUT2D eigenvalue weighted by atomic mass is 10.2. The second-order valence-electron chi connectivity index (χ2n) is 4.72. The van der Waals surface area contributed by atoms with Crippen LogP contribution in [0.5, 0.6) is 0 Å². The highest BCUT2D eigenvalue weighted by Crippen LogP contribution is 2.25. The summed E-state index contributed by atoms with van der Waals surface area (Å²) in [6.07, 6.45) is 0. The van der Waals surface area contributed by atoms with E-state index in [2.05, 4.69) is 4.72 Å². The van der Waals surface area contributed by atoms with E-state index in [9.17, 15) is 23.3 Å². The molecule has 0 saturated carbocycles. The van der Waals surface area contributed by atoms with Crippen LogP contribution in [0.4, 0.5) is 11.4 Å². The molecule has 2 aromatic rings. The molecule has 0 fully saturated rings. The van der Waals surface area contributed by atoms with E-state index in [4.69, 9.17) is 5.73 Å². The Morgan fingerprint density at radius 3 is 2.48 bits per heavy atom. The van der Waals surface area contributed by atoms with Crippen molar-refractivity contribution in [1.82, 2.24) is 0 Å². The van der Waals surface area contributed by atoms with Crippen LogP contribution in [0.1, 0.15) is 15.9 Å². The van der Waals surface area contributed by atoms with Crippen molar-refractivity contribution < 1.29 is 18.1 Å². The molecule has 8 nitrogen and oxygen atoms in total. The number of sulfonamides is 1. The Kier molecular flexibility index (Phi) is 4.32. The SMILES string of the molecule is Cc1ccc([N+](=O)[O-])cc1S(=O)(=O)Nc1ccccc1C(N)=O. The Morgan fingerprint density at radius 1 is 1.22 bits per heavy atom. The fourth-order valence-electron chi connectivity index (χ4n) is 1.98. The van der Waals surface area contributed by atoms with Crippen molar-refractivity contribution in [1.29, 1.82) is 0 Å². The standard InChI is InChI=1S/C14H13N3O5S/c1-9-6-7-10(17(19)20)8-13(9)23(21,22)16-12-5-3-2-4-11(12)14(15)18/h2-8,16H,1H3,(H2,15,18). The van der Waals surface area contributed by atoms with Crippen molar-refractivity contribution in [2.45, 2.75) is 11.8 Å². The zero-order valence-corrected chi connectivity index (χ0v) is 12.8. The number of nitrogens with two attached hydrogens (primary N) is 1. The lowest BCUT2D eigenvalue weighted by molar-refractivity contribution is -0.385. The minimum atomic E-state index is -4.12. The van der Waals surface area contributed by atoms with Gasteiger partial charge in [0.25, 0.3) is 21.6 Å². The molecule has 0 aliphatic rings. The van der Waals surface area contributed by atoms with Crippen molar-refractivity contribution in [2.75, 3.05) is 4.72 Å². The smallest absolute Gasteiger partial charge is 0.270 e. The number of hydrogen-bond acceptors (Lipinski definition) is 5. The number of benzene rings is 2. The molecular formula is C14H13N3O5S. The summed E-state index contributed by atoms with van der Waals surface area (Å²) in [5.74, 6) is -0.793. The molecule has 0 atom stereocenters. The van der Waals surface area contributed by atoms with Gasteiger partial charge in [-0.15, -0.1) is 0 Å². The number of rotatable bonds is 5. The summed E-state index contributed by atoms with van der Waals surface area (Å²) in [7, 11) is -4.12. The van der Waals surface area contributed by atoms with Gasteiger partial charge in [-0.25, -0.2) is 8.42 Å². The van der Waals surface area contributed by atoms with Gasteiger partial charge in [-0.3, -0.25) is 19.6 Å². The molecule has 0 unspecified atom stereocenters. The number of nitro benzene ring substituents is 1. The Balaban J connectivity index is 2.50. The summed E-state index contributed by atoms with van der Waals surface area (Å²) in [5.41, 5.74) is 5.19. The molecule has 120 valence electrons. The highest BCUT2D eigenvalue weighted by atomic mass is 32.2. The molecule has 0 heterocycles. The number of nitrogens with one attached hydrogen (secondary N) is 1. The maximum Gasteiger partial charge on any atom is 0.270 e. The quantitative estimate of drug-likeness (QED) is 0.635. The Morgan fingerprint density at radius 2 is 1.87 bits per heavy atom. The Bertz CT molecular complexity index is 893. The second kappa shape index (κ2) is 6.05. The molecule has 0 radical (unpaired) electrons. The van der Waals surface area contributed by atoms with Gasteiger partial charge in [0.05, 0.1) is 21.1 Å². The molecule has 0 bridgehead atoms. The zero-order chi connectivity index (χ0) is 17.2. The van der Waals surface area contributed by atoms with Gasteiger partial charge in [0.2, 0.25) is 0 Å². The average molecular weight is 335 g/mol. The highest BCUT2D eigenvalue weighted by Gasteiger charge is 2.22. The topological polar surface area (TPSA) is 132 Å². The third-order valence-corrected chi connectivity index (χ3v) is 4.62. The molecule has 23 heavy (non-hydrogen) atoms. The van der Waals surface area contributed by atoms with Gasteiger partial charge in [-0.05, 0) is 24.6 Å². The van der Waals surface area contributed by atoms with Crippen LogP contribution in [-0.4, -0.2) is 19.2 Å². The molecule has 3 N–H and O–H groups in total. The van der Waals surface area contributed by atoms with Gasteiger partial charge in [-0.2, -0.15) is 0 Å². The van der Waals surface area contributed by atoms with Crippen molar-refractivity contribution in [3.05, 3.63) is 63.7 Å². The van der Waals surface area contributed by atoms with Crippen molar-refractivity contribution >= 4 is 27.3 Å². The number of primary amides is 1. The fourth-order valence-corrected chi connectivity index (χ4v) is 3.32. The summed E-state index contributed by atoms with van der Waals surface area (Å²) < 4.78 is 27.2. The molecule has 0 aliphatic carbocycles. The predicted octanol–water partition coefficient (Wildman–Crippen LogP) is 1.80. The molecular weight excluding hydrogens is 322 g/mol. The molecule has 0 spiro atoms. The lowest BCUT2D eigenvalue weighted by Gasteiger charge is -2.12. The molecule has 9 heteroatoms. The van der Waals surface area contributed by atoms with Crippen LogP contribution < -0.4 is 10.5 Å². The summed E-state index contributed by atoms with van der Waals surface area (Å²) >= 11 is 0. The Labute approximate surface area is 132 Å². The number of para-hydroxylation sites is 1. The molecule has 2 aromatic carbocycles. The van der Waals surface area contributed by atoms with E-state index in [0.29, 0.717) is 5.56 Å². The minimum absolute atomic E-state index is 0.000779. The first-order chi connectivity index (χ1) is 10.7. The van der Waals surface area contributed by atoms with Crippen LogP contribution in [-0.2, 0) is 10.0 Å². The average Bonchev–Trinajstić information content (AvgIpc) is 2.47. The normalized spacial score (nSPS) is 11.0. The number of aryl methyl sites for hydroxylation is 1. The van der Waals surface area contributed by atoms with E-state index < -0.39 is 20.9 Å². The number of non-ortho nitro benzene ring substituents is 1. The monoisotopic (exact) mass is 335 g/mol. The lowest BCUT2D eigenvalue weighted by Crippen LogP contribution is -2.19. The summed E-state index contributed by atoms with van der Waals surface area (Å²) in [6, 6.07) is 9.34. The Hall–Kier alpha value is -2.94. The van der Waals surface area contributed by atoms with E-state index >= 15 is 0 Å². The molecule has 0 aliphatic heterocycles. The number of amides is 1. The number of carbonyl (C=O) groups is 1.